The Morgan fingerprint density at radius 3 is 2.50 bits per heavy atom. The number of nitrogens with two attached hydrogens (primary N) is 1. The van der Waals surface area contributed by atoms with Crippen LogP contribution in [0.1, 0.15) is 54.4 Å². The van der Waals surface area contributed by atoms with E-state index in [-0.39, 0.29) is 23.0 Å². The molecule has 1 amide bonds. The molecule has 0 aromatic carbocycles. The van der Waals surface area contributed by atoms with Crippen LogP contribution in [0.3, 0.4) is 0 Å². The molecule has 0 aliphatic carbocycles. The van der Waals surface area contributed by atoms with E-state index in [2.05, 4.69) is 41.4 Å². The molecule has 2 unspecified atom stereocenters. The first-order valence-electron chi connectivity index (χ1n) is 9.03. The fourth-order valence-corrected chi connectivity index (χ4v) is 3.24. The molecule has 1 aromatic heterocycles. The first-order chi connectivity index (χ1) is 11.9. The topological polar surface area (TPSA) is 116 Å². The van der Waals surface area contributed by atoms with E-state index in [1.165, 1.54) is 0 Å². The second kappa shape index (κ2) is 7.17. The van der Waals surface area contributed by atoms with Gasteiger partial charge in [-0.1, -0.05) is 20.8 Å². The summed E-state index contributed by atoms with van der Waals surface area (Å²) in [6, 6.07) is 0.0380. The molecule has 2 rings (SSSR count). The number of rotatable bonds is 3. The molecular weight excluding hydrogens is 332 g/mol. The predicted molar refractivity (Wildman–Crippen MR) is 104 cm³/mol. The van der Waals surface area contributed by atoms with E-state index in [0.717, 1.165) is 0 Å². The zero-order chi connectivity index (χ0) is 19.7. The molecule has 0 spiro atoms. The maximum Gasteiger partial charge on any atom is 0.407 e. The van der Waals surface area contributed by atoms with Gasteiger partial charge in [0.15, 0.2) is 5.82 Å². The maximum absolute atomic E-state index is 11.6. The first-order valence-corrected chi connectivity index (χ1v) is 9.03. The highest BCUT2D eigenvalue weighted by atomic mass is 16.4. The summed E-state index contributed by atoms with van der Waals surface area (Å²) in [5.74, 6) is 1.11. The number of carbonyl (C=O) groups is 1. The molecule has 0 radical (unpaired) electrons. The van der Waals surface area contributed by atoms with Gasteiger partial charge in [0.05, 0.1) is 11.9 Å². The summed E-state index contributed by atoms with van der Waals surface area (Å²) < 4.78 is 0. The monoisotopic (exact) mass is 364 g/mol. The SMILES string of the molecule is CC(C)(C)Nc1ncc(N)c(NC2CCN(C(=O)O)C(C(C)(C)C)C2)n1. The number of aromatic nitrogens is 2. The minimum absolute atomic E-state index is 0.0681. The zero-order valence-corrected chi connectivity index (χ0v) is 16.6. The largest absolute Gasteiger partial charge is 0.465 e. The predicted octanol–water partition coefficient (Wildman–Crippen LogP) is 3.24. The molecule has 8 heteroatoms. The molecule has 0 saturated carbocycles. The fourth-order valence-electron chi connectivity index (χ4n) is 3.24. The number of anilines is 3. The Kier molecular flexibility index (Phi) is 5.53. The Labute approximate surface area is 155 Å². The van der Waals surface area contributed by atoms with Crippen molar-refractivity contribution in [2.45, 2.75) is 72.0 Å². The molecule has 0 bridgehead atoms. The standard InChI is InChI=1S/C18H32N6O2/c1-17(2,3)13-9-11(7-8-24(13)16(25)26)21-14-12(19)10-20-15(22-14)23-18(4,5)6/h10-11,13H,7-9,19H2,1-6H3,(H,25,26)(H2,20,21,22,23). The summed E-state index contributed by atoms with van der Waals surface area (Å²) in [4.78, 5) is 21.9. The highest BCUT2D eigenvalue weighted by molar-refractivity contribution is 5.66. The van der Waals surface area contributed by atoms with Crippen LogP contribution in [0.15, 0.2) is 6.20 Å². The van der Waals surface area contributed by atoms with Crippen molar-refractivity contribution >= 4 is 23.5 Å². The average Bonchev–Trinajstić information content (AvgIpc) is 2.48. The number of likely N-dealkylation sites (tertiary alicyclic amines) is 1. The minimum atomic E-state index is -0.860. The molecule has 1 aromatic rings. The maximum atomic E-state index is 11.6. The van der Waals surface area contributed by atoms with Crippen LogP contribution in [0.25, 0.3) is 0 Å². The number of nitrogens with zero attached hydrogens (tertiary/aromatic N) is 3. The number of nitrogen functional groups attached to an aromatic ring is 1. The van der Waals surface area contributed by atoms with Crippen LogP contribution in [0.4, 0.5) is 22.2 Å². The van der Waals surface area contributed by atoms with Crippen molar-refractivity contribution < 1.29 is 9.90 Å². The summed E-state index contributed by atoms with van der Waals surface area (Å²) >= 11 is 0. The van der Waals surface area contributed by atoms with Crippen molar-refractivity contribution in [1.29, 1.82) is 0 Å². The zero-order valence-electron chi connectivity index (χ0n) is 16.6. The Morgan fingerprint density at radius 2 is 1.96 bits per heavy atom. The third-order valence-electron chi connectivity index (χ3n) is 4.49. The van der Waals surface area contributed by atoms with Gasteiger partial charge in [0.25, 0.3) is 0 Å². The van der Waals surface area contributed by atoms with Gasteiger partial charge >= 0.3 is 6.09 Å². The van der Waals surface area contributed by atoms with Crippen LogP contribution in [0.2, 0.25) is 0 Å². The van der Waals surface area contributed by atoms with E-state index in [0.29, 0.717) is 36.8 Å². The van der Waals surface area contributed by atoms with Crippen LogP contribution < -0.4 is 16.4 Å². The molecule has 146 valence electrons. The quantitative estimate of drug-likeness (QED) is 0.650. The van der Waals surface area contributed by atoms with Gasteiger partial charge in [-0.2, -0.15) is 4.98 Å². The Morgan fingerprint density at radius 1 is 1.31 bits per heavy atom. The second-order valence-electron chi connectivity index (χ2n) is 9.10. The molecule has 1 fully saturated rings. The van der Waals surface area contributed by atoms with E-state index in [9.17, 15) is 9.90 Å². The van der Waals surface area contributed by atoms with Crippen molar-refractivity contribution in [3.05, 3.63) is 6.20 Å². The van der Waals surface area contributed by atoms with Gasteiger partial charge < -0.3 is 26.4 Å². The number of amides is 1. The van der Waals surface area contributed by atoms with Crippen LogP contribution in [-0.2, 0) is 0 Å². The first kappa shape index (κ1) is 20.1. The smallest absolute Gasteiger partial charge is 0.407 e. The number of nitrogens with one attached hydrogen (secondary N) is 2. The van der Waals surface area contributed by atoms with Gasteiger partial charge in [0.1, 0.15) is 0 Å². The van der Waals surface area contributed by atoms with E-state index in [4.69, 9.17) is 5.73 Å². The van der Waals surface area contributed by atoms with Crippen molar-refractivity contribution in [3.63, 3.8) is 0 Å². The fraction of sp³-hybridized carbons (Fsp3) is 0.722. The number of hydrogen-bond acceptors (Lipinski definition) is 6. The average molecular weight is 364 g/mol. The number of piperidine rings is 1. The van der Waals surface area contributed by atoms with E-state index >= 15 is 0 Å². The summed E-state index contributed by atoms with van der Waals surface area (Å²) in [5.41, 5.74) is 6.23. The molecule has 1 saturated heterocycles. The molecule has 2 heterocycles. The molecule has 8 nitrogen and oxygen atoms in total. The Balaban J connectivity index is 2.16. The van der Waals surface area contributed by atoms with Gasteiger partial charge in [-0.3, -0.25) is 0 Å². The van der Waals surface area contributed by atoms with Gasteiger partial charge in [0, 0.05) is 24.2 Å². The number of carboxylic acid groups (broad SMARTS) is 1. The third kappa shape index (κ3) is 5.12. The van der Waals surface area contributed by atoms with Gasteiger partial charge in [0.2, 0.25) is 5.95 Å². The highest BCUT2D eigenvalue weighted by Crippen LogP contribution is 2.33. The van der Waals surface area contributed by atoms with Gasteiger partial charge in [-0.25, -0.2) is 9.78 Å². The lowest BCUT2D eigenvalue weighted by Gasteiger charge is -2.44. The Hall–Kier alpha value is -2.25. The van der Waals surface area contributed by atoms with Gasteiger partial charge in [-0.05, 0) is 39.0 Å². The molecular formula is C18H32N6O2. The molecule has 2 atom stereocenters. The minimum Gasteiger partial charge on any atom is -0.465 e. The van der Waals surface area contributed by atoms with Crippen LogP contribution in [0.5, 0.6) is 0 Å². The van der Waals surface area contributed by atoms with Crippen molar-refractivity contribution in [2.75, 3.05) is 22.9 Å². The summed E-state index contributed by atoms with van der Waals surface area (Å²) in [7, 11) is 0. The lowest BCUT2D eigenvalue weighted by Crippen LogP contribution is -2.54. The summed E-state index contributed by atoms with van der Waals surface area (Å²) in [5, 5.41) is 16.1. The Bertz CT molecular complexity index is 650. The lowest BCUT2D eigenvalue weighted by atomic mass is 9.79. The molecule has 5 N–H and O–H groups in total. The van der Waals surface area contributed by atoms with E-state index in [1.54, 1.807) is 11.1 Å². The van der Waals surface area contributed by atoms with Crippen LogP contribution in [-0.4, -0.2) is 50.2 Å². The molecule has 26 heavy (non-hydrogen) atoms. The van der Waals surface area contributed by atoms with Crippen LogP contribution >= 0.6 is 0 Å². The third-order valence-corrected chi connectivity index (χ3v) is 4.49. The van der Waals surface area contributed by atoms with Crippen molar-refractivity contribution in [3.8, 4) is 0 Å². The van der Waals surface area contributed by atoms with Crippen LogP contribution in [0, 0.1) is 5.41 Å². The summed E-state index contributed by atoms with van der Waals surface area (Å²) in [6.45, 7) is 12.8. The summed E-state index contributed by atoms with van der Waals surface area (Å²) in [6.07, 6.45) is 2.16. The normalized spacial score (nSPS) is 21.4. The van der Waals surface area contributed by atoms with Crippen molar-refractivity contribution in [2.24, 2.45) is 5.41 Å². The van der Waals surface area contributed by atoms with E-state index < -0.39 is 6.09 Å². The number of hydrogen-bond donors (Lipinski definition) is 4. The molecule has 1 aliphatic rings. The van der Waals surface area contributed by atoms with Gasteiger partial charge in [-0.15, -0.1) is 0 Å². The lowest BCUT2D eigenvalue weighted by molar-refractivity contribution is 0.0557. The van der Waals surface area contributed by atoms with Crippen molar-refractivity contribution in [1.82, 2.24) is 14.9 Å². The molecule has 1 aliphatic heterocycles. The second-order valence-corrected chi connectivity index (χ2v) is 9.10. The highest BCUT2D eigenvalue weighted by Gasteiger charge is 2.38. The van der Waals surface area contributed by atoms with E-state index in [1.807, 2.05) is 20.8 Å².